The summed E-state index contributed by atoms with van der Waals surface area (Å²) in [6.45, 7) is 1.81. The molecule has 0 heterocycles. The number of fused-ring (bicyclic) bond motifs is 3. The first-order valence-electron chi connectivity index (χ1n) is 11.2. The Hall–Kier alpha value is -3.49. The van der Waals surface area contributed by atoms with Crippen molar-refractivity contribution in [1.82, 2.24) is 10.6 Å². The molecule has 0 aliphatic heterocycles. The summed E-state index contributed by atoms with van der Waals surface area (Å²) in [6.07, 6.45) is -3.72. The van der Waals surface area contributed by atoms with Crippen molar-refractivity contribution in [3.8, 4) is 11.1 Å². The minimum Gasteiger partial charge on any atom is -0.481 e. The van der Waals surface area contributed by atoms with E-state index < -0.39 is 42.8 Å². The van der Waals surface area contributed by atoms with E-state index in [1.807, 2.05) is 55.5 Å². The maximum absolute atomic E-state index is 13.1. The number of rotatable bonds is 11. The number of alkyl halides is 2. The Kier molecular flexibility index (Phi) is 8.56. The molecule has 3 rings (SSSR count). The van der Waals surface area contributed by atoms with E-state index in [2.05, 4.69) is 10.6 Å². The zero-order valence-electron chi connectivity index (χ0n) is 18.8. The topological polar surface area (TPSA) is 105 Å². The number of carbonyl (C=O) groups is 3. The molecule has 0 saturated heterocycles. The molecular formula is C25H28F2N2O5. The normalized spacial score (nSPS) is 14.1. The average Bonchev–Trinajstić information content (AvgIpc) is 3.13. The number of nitrogens with one attached hydrogen (secondary N) is 2. The first-order valence-corrected chi connectivity index (χ1v) is 11.2. The number of aliphatic carboxylic acids is 1. The molecule has 1 aliphatic rings. The van der Waals surface area contributed by atoms with Crippen molar-refractivity contribution >= 4 is 18.0 Å². The van der Waals surface area contributed by atoms with Gasteiger partial charge in [0.25, 0.3) is 6.43 Å². The molecule has 34 heavy (non-hydrogen) atoms. The van der Waals surface area contributed by atoms with Crippen molar-refractivity contribution in [2.24, 2.45) is 5.92 Å². The van der Waals surface area contributed by atoms with Crippen LogP contribution in [0.1, 0.15) is 43.2 Å². The number of hydrogen-bond acceptors (Lipinski definition) is 4. The van der Waals surface area contributed by atoms with Gasteiger partial charge < -0.3 is 20.5 Å². The van der Waals surface area contributed by atoms with Crippen molar-refractivity contribution in [1.29, 1.82) is 0 Å². The van der Waals surface area contributed by atoms with Crippen LogP contribution in [-0.4, -0.2) is 48.7 Å². The van der Waals surface area contributed by atoms with Crippen LogP contribution in [0.5, 0.6) is 0 Å². The average molecular weight is 475 g/mol. The lowest BCUT2D eigenvalue weighted by Crippen LogP contribution is -2.46. The molecule has 2 amide bonds. The van der Waals surface area contributed by atoms with E-state index in [4.69, 9.17) is 9.84 Å². The number of hydrogen-bond donors (Lipinski definition) is 3. The molecule has 0 spiro atoms. The maximum Gasteiger partial charge on any atom is 0.407 e. The van der Waals surface area contributed by atoms with Gasteiger partial charge in [-0.3, -0.25) is 9.59 Å². The van der Waals surface area contributed by atoms with Gasteiger partial charge in [0.05, 0.1) is 12.3 Å². The highest BCUT2D eigenvalue weighted by Gasteiger charge is 2.30. The number of alkyl carbamates (subject to hydrolysis) is 1. The van der Waals surface area contributed by atoms with Crippen LogP contribution in [-0.2, 0) is 14.3 Å². The lowest BCUT2D eigenvalue weighted by atomic mass is 9.98. The van der Waals surface area contributed by atoms with Gasteiger partial charge in [-0.1, -0.05) is 61.9 Å². The first kappa shape index (κ1) is 25.1. The predicted octanol–water partition coefficient (Wildman–Crippen LogP) is 4.17. The highest BCUT2D eigenvalue weighted by Crippen LogP contribution is 2.44. The van der Waals surface area contributed by atoms with Crippen LogP contribution < -0.4 is 10.6 Å². The van der Waals surface area contributed by atoms with Crippen LogP contribution in [0.4, 0.5) is 13.6 Å². The van der Waals surface area contributed by atoms with Gasteiger partial charge in [0.2, 0.25) is 5.91 Å². The highest BCUT2D eigenvalue weighted by atomic mass is 19.3. The van der Waals surface area contributed by atoms with Gasteiger partial charge in [-0.15, -0.1) is 0 Å². The second-order valence-corrected chi connectivity index (χ2v) is 8.24. The molecule has 0 aromatic heterocycles. The second-order valence-electron chi connectivity index (χ2n) is 8.24. The zero-order valence-corrected chi connectivity index (χ0v) is 18.8. The lowest BCUT2D eigenvalue weighted by molar-refractivity contribution is -0.139. The fourth-order valence-electron chi connectivity index (χ4n) is 4.22. The third-order valence-corrected chi connectivity index (χ3v) is 5.87. The van der Waals surface area contributed by atoms with E-state index in [9.17, 15) is 23.2 Å². The van der Waals surface area contributed by atoms with Crippen LogP contribution in [0.15, 0.2) is 48.5 Å². The van der Waals surface area contributed by atoms with E-state index in [0.29, 0.717) is 12.8 Å². The van der Waals surface area contributed by atoms with Gasteiger partial charge in [0.1, 0.15) is 12.6 Å². The SMILES string of the molecule is CCCC(CNC(=O)OCC1c2ccccc2-c2ccccc21)C(=O)NC(CC(=O)O)C(F)F. The van der Waals surface area contributed by atoms with Crippen LogP contribution in [0.2, 0.25) is 0 Å². The van der Waals surface area contributed by atoms with Crippen molar-refractivity contribution in [3.63, 3.8) is 0 Å². The molecule has 9 heteroatoms. The number of carboxylic acids is 1. The zero-order chi connectivity index (χ0) is 24.7. The van der Waals surface area contributed by atoms with Gasteiger partial charge in [0, 0.05) is 12.5 Å². The number of carboxylic acid groups (broad SMARTS) is 1. The molecule has 2 atom stereocenters. The Morgan fingerprint density at radius 2 is 1.62 bits per heavy atom. The van der Waals surface area contributed by atoms with Crippen molar-refractivity contribution < 1.29 is 33.0 Å². The molecule has 2 aromatic rings. The van der Waals surface area contributed by atoms with E-state index in [0.717, 1.165) is 22.3 Å². The number of ether oxygens (including phenoxy) is 1. The molecule has 0 radical (unpaired) electrons. The maximum atomic E-state index is 13.1. The van der Waals surface area contributed by atoms with Gasteiger partial charge in [-0.05, 0) is 28.7 Å². The summed E-state index contributed by atoms with van der Waals surface area (Å²) in [4.78, 5) is 35.6. The Bertz CT molecular complexity index is 984. The van der Waals surface area contributed by atoms with Crippen LogP contribution in [0, 0.1) is 5.92 Å². The number of halogens is 2. The summed E-state index contributed by atoms with van der Waals surface area (Å²) < 4.78 is 31.6. The summed E-state index contributed by atoms with van der Waals surface area (Å²) in [5.41, 5.74) is 4.33. The number of amides is 2. The smallest absolute Gasteiger partial charge is 0.407 e. The van der Waals surface area contributed by atoms with Crippen molar-refractivity contribution in [2.45, 2.75) is 44.6 Å². The molecule has 1 aliphatic carbocycles. The second kappa shape index (κ2) is 11.6. The minimum absolute atomic E-state index is 0.108. The molecule has 0 saturated carbocycles. The molecule has 3 N–H and O–H groups in total. The molecule has 2 aromatic carbocycles. The molecular weight excluding hydrogens is 446 g/mol. The van der Waals surface area contributed by atoms with E-state index in [1.54, 1.807) is 0 Å². The van der Waals surface area contributed by atoms with Gasteiger partial charge in [-0.25, -0.2) is 13.6 Å². The lowest BCUT2D eigenvalue weighted by Gasteiger charge is -2.21. The van der Waals surface area contributed by atoms with E-state index in [-0.39, 0.29) is 19.1 Å². The standard InChI is InChI=1S/C25H28F2N2O5/c1-2-7-15(24(32)29-21(23(26)27)12-22(30)31)13-28-25(33)34-14-20-18-10-5-3-8-16(18)17-9-4-6-11-19(17)20/h3-6,8-11,15,20-21,23H,2,7,12-14H2,1H3,(H,28,33)(H,29,32)(H,30,31). The van der Waals surface area contributed by atoms with Crippen molar-refractivity contribution in [3.05, 3.63) is 59.7 Å². The monoisotopic (exact) mass is 474 g/mol. The van der Waals surface area contributed by atoms with E-state index >= 15 is 0 Å². The first-order chi connectivity index (χ1) is 16.3. The highest BCUT2D eigenvalue weighted by molar-refractivity contribution is 5.81. The molecule has 0 fully saturated rings. The Labute approximate surface area is 196 Å². The molecule has 7 nitrogen and oxygen atoms in total. The van der Waals surface area contributed by atoms with Crippen molar-refractivity contribution in [2.75, 3.05) is 13.2 Å². The minimum atomic E-state index is -3.02. The predicted molar refractivity (Wildman–Crippen MR) is 122 cm³/mol. The third kappa shape index (κ3) is 6.09. The Morgan fingerprint density at radius 3 is 2.15 bits per heavy atom. The Balaban J connectivity index is 1.57. The summed E-state index contributed by atoms with van der Waals surface area (Å²) in [5.74, 6) is -3.07. The summed E-state index contributed by atoms with van der Waals surface area (Å²) in [7, 11) is 0. The third-order valence-electron chi connectivity index (χ3n) is 5.87. The van der Waals surface area contributed by atoms with Gasteiger partial charge in [0.15, 0.2) is 0 Å². The fourth-order valence-corrected chi connectivity index (χ4v) is 4.22. The van der Waals surface area contributed by atoms with Gasteiger partial charge in [-0.2, -0.15) is 0 Å². The summed E-state index contributed by atoms with van der Waals surface area (Å²) in [5, 5.41) is 13.4. The molecule has 2 unspecified atom stereocenters. The number of benzene rings is 2. The van der Waals surface area contributed by atoms with Crippen LogP contribution in [0.3, 0.4) is 0 Å². The van der Waals surface area contributed by atoms with Gasteiger partial charge >= 0.3 is 12.1 Å². The summed E-state index contributed by atoms with van der Waals surface area (Å²) >= 11 is 0. The molecule has 182 valence electrons. The quantitative estimate of drug-likeness (QED) is 0.454. The summed E-state index contributed by atoms with van der Waals surface area (Å²) in [6, 6.07) is 14.0. The largest absolute Gasteiger partial charge is 0.481 e. The van der Waals surface area contributed by atoms with Crippen LogP contribution in [0.25, 0.3) is 11.1 Å². The van der Waals surface area contributed by atoms with Crippen LogP contribution >= 0.6 is 0 Å². The Morgan fingerprint density at radius 1 is 1.03 bits per heavy atom. The van der Waals surface area contributed by atoms with E-state index in [1.165, 1.54) is 0 Å². The fraction of sp³-hybridized carbons (Fsp3) is 0.400. The molecule has 0 bridgehead atoms. The number of carbonyl (C=O) groups excluding carboxylic acids is 2.